The number of hydrogen-bond acceptors (Lipinski definition) is 14. The van der Waals surface area contributed by atoms with Crippen molar-refractivity contribution in [3.05, 3.63) is 41.5 Å². The molecule has 0 spiro atoms. The lowest BCUT2D eigenvalue weighted by Gasteiger charge is -2.35. The van der Waals surface area contributed by atoms with E-state index in [1.165, 1.54) is 5.38 Å². The van der Waals surface area contributed by atoms with Gasteiger partial charge < -0.3 is 36.4 Å². The van der Waals surface area contributed by atoms with Crippen LogP contribution in [0.4, 0.5) is 10.9 Å². The second kappa shape index (κ2) is 13.4. The number of carbonyl (C=O) groups excluding carboxylic acids is 2. The van der Waals surface area contributed by atoms with Crippen LogP contribution in [0.25, 0.3) is 10.8 Å². The summed E-state index contributed by atoms with van der Waals surface area (Å²) in [4.78, 5) is 46.8. The molecule has 2 saturated heterocycles. The number of oxime groups is 1. The number of fused-ring (bicyclic) bond motifs is 1. The van der Waals surface area contributed by atoms with E-state index in [2.05, 4.69) is 31.1 Å². The van der Waals surface area contributed by atoms with Crippen LogP contribution in [0.1, 0.15) is 5.69 Å². The standard InChI is InChI=1S/C22H24N8O7S2.CH2O2/c23-22-28-17(11-38-22)18(20(31)27-16-10-30(21(16)32)39(33,34)35)29-37-6-5-36-14-1-2-15-12(7-14)3-4-25-19(15)26-13-8-24-9-13;2-1-3/h1-4,7,11,13,16,24H,5-6,8-10H2,(H2,23,28)(H,25,26)(H,27,31)(H,33,34,35);1H,(H,2,3)/b29-18-;. The number of carbonyl (C=O) groups is 3. The van der Waals surface area contributed by atoms with Gasteiger partial charge in [0, 0.05) is 30.1 Å². The summed E-state index contributed by atoms with van der Waals surface area (Å²) < 4.78 is 37.2. The number of nitrogens with one attached hydrogen (secondary N) is 3. The number of carboxylic acid groups (broad SMARTS) is 1. The fourth-order valence-electron chi connectivity index (χ4n) is 3.79. The van der Waals surface area contributed by atoms with Gasteiger partial charge in [-0.15, -0.1) is 11.3 Å². The van der Waals surface area contributed by atoms with E-state index in [0.29, 0.717) is 11.8 Å². The van der Waals surface area contributed by atoms with Gasteiger partial charge in [-0.1, -0.05) is 5.16 Å². The summed E-state index contributed by atoms with van der Waals surface area (Å²) in [7, 11) is -4.69. The molecule has 0 radical (unpaired) electrons. The number of nitrogens with zero attached hydrogens (tertiary/aromatic N) is 4. The highest BCUT2D eigenvalue weighted by Crippen LogP contribution is 2.26. The van der Waals surface area contributed by atoms with E-state index in [1.807, 2.05) is 24.3 Å². The molecule has 3 aromatic rings. The summed E-state index contributed by atoms with van der Waals surface area (Å²) in [6, 6.07) is 6.70. The van der Waals surface area contributed by atoms with Crippen molar-refractivity contribution in [3.63, 3.8) is 0 Å². The molecule has 7 N–H and O–H groups in total. The normalized spacial score (nSPS) is 16.9. The van der Waals surface area contributed by atoms with Gasteiger partial charge in [0.2, 0.25) is 0 Å². The van der Waals surface area contributed by atoms with Crippen molar-refractivity contribution in [3.8, 4) is 5.75 Å². The van der Waals surface area contributed by atoms with Crippen molar-refractivity contribution in [1.82, 2.24) is 24.9 Å². The lowest BCUT2D eigenvalue weighted by atomic mass is 10.1. The molecule has 5 rings (SSSR count). The maximum atomic E-state index is 12.8. The van der Waals surface area contributed by atoms with Crippen molar-refractivity contribution < 1.29 is 42.0 Å². The van der Waals surface area contributed by atoms with Crippen LogP contribution >= 0.6 is 11.3 Å². The second-order valence-electron chi connectivity index (χ2n) is 8.71. The van der Waals surface area contributed by atoms with Crippen LogP contribution < -0.4 is 26.4 Å². The van der Waals surface area contributed by atoms with Crippen LogP contribution in [-0.4, -0.2) is 101 Å². The molecule has 0 saturated carbocycles. The van der Waals surface area contributed by atoms with Crippen LogP contribution in [0.15, 0.2) is 41.0 Å². The number of nitrogen functional groups attached to an aromatic ring is 1. The molecule has 42 heavy (non-hydrogen) atoms. The number of pyridine rings is 1. The first-order valence-corrected chi connectivity index (χ1v) is 14.5. The quantitative estimate of drug-likeness (QED) is 0.0386. The van der Waals surface area contributed by atoms with E-state index in [4.69, 9.17) is 29.8 Å². The molecule has 19 heteroatoms. The van der Waals surface area contributed by atoms with Gasteiger partial charge in [-0.25, -0.2) is 14.3 Å². The molecule has 2 fully saturated rings. The number of anilines is 2. The Kier molecular flexibility index (Phi) is 9.68. The average molecular weight is 623 g/mol. The Morgan fingerprint density at radius 2 is 2.07 bits per heavy atom. The van der Waals surface area contributed by atoms with E-state index in [-0.39, 0.29) is 40.5 Å². The van der Waals surface area contributed by atoms with Gasteiger partial charge in [0.1, 0.15) is 29.9 Å². The maximum absolute atomic E-state index is 12.8. The van der Waals surface area contributed by atoms with E-state index in [0.717, 1.165) is 41.0 Å². The summed E-state index contributed by atoms with van der Waals surface area (Å²) in [5, 5.41) is 23.3. The highest BCUT2D eigenvalue weighted by atomic mass is 32.2. The van der Waals surface area contributed by atoms with Gasteiger partial charge in [0.25, 0.3) is 18.3 Å². The smallest absolute Gasteiger partial charge is 0.362 e. The summed E-state index contributed by atoms with van der Waals surface area (Å²) >= 11 is 1.07. The third-order valence-corrected chi connectivity index (χ3v) is 7.47. The monoisotopic (exact) mass is 622 g/mol. The molecule has 2 aromatic heterocycles. The van der Waals surface area contributed by atoms with Gasteiger partial charge in [0.15, 0.2) is 17.5 Å². The largest absolute Gasteiger partial charge is 0.490 e. The molecule has 1 aromatic carbocycles. The van der Waals surface area contributed by atoms with Crippen LogP contribution in [0.3, 0.4) is 0 Å². The van der Waals surface area contributed by atoms with Crippen LogP contribution in [0.2, 0.25) is 0 Å². The third-order valence-electron chi connectivity index (χ3n) is 5.91. The highest BCUT2D eigenvalue weighted by molar-refractivity contribution is 7.84. The molecule has 0 aliphatic carbocycles. The Balaban J connectivity index is 0.00000129. The Morgan fingerprint density at radius 1 is 1.31 bits per heavy atom. The molecule has 2 aliphatic heterocycles. The van der Waals surface area contributed by atoms with E-state index in [1.54, 1.807) is 6.20 Å². The number of thiazole rings is 1. The summed E-state index contributed by atoms with van der Waals surface area (Å²) in [5.41, 5.74) is 5.51. The maximum Gasteiger partial charge on any atom is 0.362 e. The fraction of sp³-hybridized carbons (Fsp3) is 0.304. The number of hydrogen-bond donors (Lipinski definition) is 6. The topological polar surface area (TPSA) is 248 Å². The van der Waals surface area contributed by atoms with Crippen molar-refractivity contribution in [2.24, 2.45) is 5.16 Å². The summed E-state index contributed by atoms with van der Waals surface area (Å²) in [5.74, 6) is -0.396. The second-order valence-corrected chi connectivity index (χ2v) is 10.9. The zero-order valence-corrected chi connectivity index (χ0v) is 23.3. The highest BCUT2D eigenvalue weighted by Gasteiger charge is 2.45. The predicted octanol–water partition coefficient (Wildman–Crippen LogP) is -0.712. The van der Waals surface area contributed by atoms with E-state index >= 15 is 0 Å². The van der Waals surface area contributed by atoms with E-state index in [9.17, 15) is 18.0 Å². The number of ether oxygens (including phenoxy) is 1. The molecular weight excluding hydrogens is 596 g/mol. The number of β-lactam (4-membered cyclic amide) rings is 1. The lowest BCUT2D eigenvalue weighted by Crippen LogP contribution is -2.65. The van der Waals surface area contributed by atoms with Crippen molar-refractivity contribution >= 4 is 67.4 Å². The minimum absolute atomic E-state index is 0.0227. The van der Waals surface area contributed by atoms with Gasteiger partial charge in [-0.05, 0) is 29.7 Å². The van der Waals surface area contributed by atoms with Crippen LogP contribution in [0.5, 0.6) is 5.75 Å². The Bertz CT molecular complexity index is 1590. The molecule has 17 nitrogen and oxygen atoms in total. The Hall–Kier alpha value is -4.59. The molecule has 2 amide bonds. The third kappa shape index (κ3) is 7.37. The molecule has 224 valence electrons. The molecule has 0 bridgehead atoms. The number of nitrogens with two attached hydrogens (primary N) is 1. The first-order valence-electron chi connectivity index (χ1n) is 12.2. The van der Waals surface area contributed by atoms with Crippen molar-refractivity contribution in [2.45, 2.75) is 12.1 Å². The van der Waals surface area contributed by atoms with Crippen LogP contribution in [0, 0.1) is 0 Å². The Labute approximate surface area is 242 Å². The predicted molar refractivity (Wildman–Crippen MR) is 150 cm³/mol. The molecule has 1 atom stereocenters. The minimum Gasteiger partial charge on any atom is -0.490 e. The number of aromatic nitrogens is 2. The van der Waals surface area contributed by atoms with Crippen molar-refractivity contribution in [1.29, 1.82) is 0 Å². The van der Waals surface area contributed by atoms with Gasteiger partial charge >= 0.3 is 10.3 Å². The van der Waals surface area contributed by atoms with Gasteiger partial charge in [-0.2, -0.15) is 8.42 Å². The minimum atomic E-state index is -4.69. The number of benzene rings is 1. The van der Waals surface area contributed by atoms with Crippen molar-refractivity contribution in [2.75, 3.05) is 43.9 Å². The zero-order valence-electron chi connectivity index (χ0n) is 21.7. The molecular formula is C23H26N8O9S2. The molecule has 1 unspecified atom stereocenters. The number of amides is 2. The number of rotatable bonds is 11. The van der Waals surface area contributed by atoms with Gasteiger partial charge in [0.05, 0.1) is 12.6 Å². The van der Waals surface area contributed by atoms with Crippen LogP contribution in [-0.2, 0) is 29.5 Å². The Morgan fingerprint density at radius 3 is 2.69 bits per heavy atom. The lowest BCUT2D eigenvalue weighted by molar-refractivity contribution is -0.139. The molecule has 2 aliphatic rings. The SMILES string of the molecule is Nc1nc(/C(=N/OCCOc2ccc3c(NC4CNC4)nccc3c2)C(=O)NC2CN(S(=O)(=O)O)C2=O)cs1.O=CO. The fourth-order valence-corrected chi connectivity index (χ4v) is 5.03. The van der Waals surface area contributed by atoms with E-state index < -0.39 is 34.7 Å². The molecule has 4 heterocycles. The summed E-state index contributed by atoms with van der Waals surface area (Å²) in [6.45, 7) is 1.21. The summed E-state index contributed by atoms with van der Waals surface area (Å²) in [6.07, 6.45) is 1.73. The first kappa shape index (κ1) is 30.4. The zero-order chi connectivity index (χ0) is 30.3. The average Bonchev–Trinajstić information content (AvgIpc) is 3.35. The van der Waals surface area contributed by atoms with Gasteiger partial charge in [-0.3, -0.25) is 18.9 Å². The first-order chi connectivity index (χ1) is 20.1.